The SMILES string of the molecule is NCCCC[C@H](N)C(=O)N(C(=O)CCCN)[C@@H](CCCCN)C(=O)N(C(=O)CCCN)[C@@H](CCCCN)C(N)=O. The fourth-order valence-corrected chi connectivity index (χ4v) is 4.35. The molecule has 0 heterocycles. The number of hydrogen-bond donors (Lipinski definition) is 7. The Kier molecular flexibility index (Phi) is 20.8. The molecule has 0 rings (SSSR count). The first kappa shape index (κ1) is 37.5. The minimum absolute atomic E-state index is 0.0284. The van der Waals surface area contributed by atoms with Crippen molar-refractivity contribution in [3.8, 4) is 0 Å². The van der Waals surface area contributed by atoms with Gasteiger partial charge in [0.1, 0.15) is 12.1 Å². The summed E-state index contributed by atoms with van der Waals surface area (Å²) in [6.45, 7) is 1.45. The van der Waals surface area contributed by atoms with E-state index < -0.39 is 47.7 Å². The highest BCUT2D eigenvalue weighted by Crippen LogP contribution is 2.21. The second kappa shape index (κ2) is 22.2. The lowest BCUT2D eigenvalue weighted by Crippen LogP contribution is -2.61. The number of rotatable bonds is 23. The Morgan fingerprint density at radius 1 is 0.500 bits per heavy atom. The van der Waals surface area contributed by atoms with Gasteiger partial charge in [0.25, 0.3) is 5.91 Å². The molecule has 0 aliphatic carbocycles. The highest BCUT2D eigenvalue weighted by molar-refractivity contribution is 6.07. The Morgan fingerprint density at radius 2 is 0.875 bits per heavy atom. The van der Waals surface area contributed by atoms with Gasteiger partial charge in [-0.15, -0.1) is 0 Å². The first-order chi connectivity index (χ1) is 19.1. The number of primary amides is 1. The monoisotopic (exact) mass is 571 g/mol. The lowest BCUT2D eigenvalue weighted by atomic mass is 9.99. The van der Waals surface area contributed by atoms with Gasteiger partial charge in [-0.1, -0.05) is 6.42 Å². The number of nitrogens with two attached hydrogens (primary N) is 7. The van der Waals surface area contributed by atoms with Gasteiger partial charge in [0, 0.05) is 12.8 Å². The second-order valence-corrected chi connectivity index (χ2v) is 9.88. The molecule has 40 heavy (non-hydrogen) atoms. The Bertz CT molecular complexity index is 784. The van der Waals surface area contributed by atoms with E-state index in [2.05, 4.69) is 0 Å². The van der Waals surface area contributed by atoms with E-state index >= 15 is 0 Å². The molecular formula is C26H53N9O5. The van der Waals surface area contributed by atoms with Gasteiger partial charge in [0.2, 0.25) is 23.6 Å². The topological polar surface area (TPSA) is 274 Å². The Morgan fingerprint density at radius 3 is 1.27 bits per heavy atom. The normalized spacial score (nSPS) is 13.3. The minimum atomic E-state index is -1.39. The summed E-state index contributed by atoms with van der Waals surface area (Å²) in [4.78, 5) is 68.8. The van der Waals surface area contributed by atoms with Crippen LogP contribution in [0.1, 0.15) is 83.5 Å². The quantitative estimate of drug-likeness (QED) is 0.0666. The lowest BCUT2D eigenvalue weighted by Gasteiger charge is -2.36. The molecule has 14 nitrogen and oxygen atoms in total. The summed E-state index contributed by atoms with van der Waals surface area (Å²) in [6, 6.07) is -3.74. The second-order valence-electron chi connectivity index (χ2n) is 9.88. The Balaban J connectivity index is 6.71. The van der Waals surface area contributed by atoms with Crippen LogP contribution in [-0.4, -0.2) is 90.2 Å². The molecule has 0 saturated heterocycles. The van der Waals surface area contributed by atoms with E-state index in [-0.39, 0.29) is 58.0 Å². The van der Waals surface area contributed by atoms with Crippen LogP contribution < -0.4 is 40.1 Å². The predicted octanol–water partition coefficient (Wildman–Crippen LogP) is -1.89. The molecule has 0 spiro atoms. The zero-order valence-corrected chi connectivity index (χ0v) is 23.9. The summed E-state index contributed by atoms with van der Waals surface area (Å²) in [7, 11) is 0. The van der Waals surface area contributed by atoms with Crippen molar-refractivity contribution in [2.75, 3.05) is 32.7 Å². The van der Waals surface area contributed by atoms with Gasteiger partial charge in [0.15, 0.2) is 0 Å². The van der Waals surface area contributed by atoms with Crippen molar-refractivity contribution in [3.05, 3.63) is 0 Å². The number of imide groups is 2. The van der Waals surface area contributed by atoms with E-state index in [0.717, 1.165) is 9.80 Å². The van der Waals surface area contributed by atoms with E-state index in [1.165, 1.54) is 0 Å². The predicted molar refractivity (Wildman–Crippen MR) is 154 cm³/mol. The molecule has 0 unspecified atom stereocenters. The summed E-state index contributed by atoms with van der Waals surface area (Å²) in [6.07, 6.45) is 3.73. The van der Waals surface area contributed by atoms with E-state index in [4.69, 9.17) is 40.1 Å². The van der Waals surface area contributed by atoms with E-state index in [9.17, 15) is 24.0 Å². The molecule has 14 heteroatoms. The third-order valence-corrected chi connectivity index (χ3v) is 6.59. The van der Waals surface area contributed by atoms with E-state index in [1.54, 1.807) is 0 Å². The average Bonchev–Trinajstić information content (AvgIpc) is 2.93. The number of nitrogens with zero attached hydrogens (tertiary/aromatic N) is 2. The molecule has 0 aliphatic rings. The van der Waals surface area contributed by atoms with Crippen LogP contribution in [0.4, 0.5) is 0 Å². The molecule has 14 N–H and O–H groups in total. The van der Waals surface area contributed by atoms with Gasteiger partial charge >= 0.3 is 0 Å². The fourth-order valence-electron chi connectivity index (χ4n) is 4.35. The summed E-state index contributed by atoms with van der Waals surface area (Å²) >= 11 is 0. The molecule has 0 bridgehead atoms. The van der Waals surface area contributed by atoms with Crippen molar-refractivity contribution in [3.63, 3.8) is 0 Å². The van der Waals surface area contributed by atoms with E-state index in [0.29, 0.717) is 58.2 Å². The van der Waals surface area contributed by atoms with Crippen molar-refractivity contribution in [1.29, 1.82) is 0 Å². The number of carbonyl (C=O) groups is 5. The minimum Gasteiger partial charge on any atom is -0.368 e. The first-order valence-electron chi connectivity index (χ1n) is 14.4. The molecule has 232 valence electrons. The van der Waals surface area contributed by atoms with Crippen LogP contribution in [0.15, 0.2) is 0 Å². The summed E-state index contributed by atoms with van der Waals surface area (Å²) in [5.74, 6) is -3.77. The van der Waals surface area contributed by atoms with Gasteiger partial charge < -0.3 is 40.1 Å². The van der Waals surface area contributed by atoms with Gasteiger partial charge in [-0.25, -0.2) is 0 Å². The van der Waals surface area contributed by atoms with Crippen LogP contribution in [0, 0.1) is 0 Å². The summed E-state index contributed by atoms with van der Waals surface area (Å²) in [5, 5.41) is 0. The van der Waals surface area contributed by atoms with Crippen molar-refractivity contribution in [2.24, 2.45) is 40.1 Å². The number of unbranched alkanes of at least 4 members (excludes halogenated alkanes) is 3. The maximum absolute atomic E-state index is 14.2. The molecule has 3 atom stereocenters. The summed E-state index contributed by atoms with van der Waals surface area (Å²) in [5.41, 5.74) is 39.9. The van der Waals surface area contributed by atoms with Crippen LogP contribution in [0.25, 0.3) is 0 Å². The molecule has 0 aliphatic heterocycles. The standard InChI is InChI=1S/C26H53N9O5/c27-14-4-1-9-19(32)25(39)35(23(37)13-8-18-31)21(11-3-6-16-29)26(40)34(22(36)12-7-17-30)20(24(33)38)10-2-5-15-28/h19-21H,1-18,27-32H2,(H2,33,38)/t19-,20-,21-/m0/s1. The van der Waals surface area contributed by atoms with Gasteiger partial charge in [-0.05, 0) is 96.9 Å². The van der Waals surface area contributed by atoms with E-state index in [1.807, 2.05) is 0 Å². The molecule has 0 saturated carbocycles. The number of amides is 5. The first-order valence-corrected chi connectivity index (χ1v) is 14.4. The van der Waals surface area contributed by atoms with Crippen LogP contribution in [0.3, 0.4) is 0 Å². The third kappa shape index (κ3) is 13.2. The molecule has 0 aromatic carbocycles. The molecule has 0 aromatic heterocycles. The highest BCUT2D eigenvalue weighted by Gasteiger charge is 2.42. The van der Waals surface area contributed by atoms with Gasteiger partial charge in [-0.2, -0.15) is 0 Å². The Labute approximate surface area is 238 Å². The molecule has 0 aromatic rings. The third-order valence-electron chi connectivity index (χ3n) is 6.59. The molecule has 0 radical (unpaired) electrons. The van der Waals surface area contributed by atoms with Crippen molar-refractivity contribution < 1.29 is 24.0 Å². The van der Waals surface area contributed by atoms with Gasteiger partial charge in [-0.3, -0.25) is 33.8 Å². The number of carbonyl (C=O) groups excluding carboxylic acids is 5. The maximum Gasteiger partial charge on any atom is 0.253 e. The van der Waals surface area contributed by atoms with Crippen molar-refractivity contribution in [1.82, 2.24) is 9.80 Å². The van der Waals surface area contributed by atoms with Crippen LogP contribution in [0.5, 0.6) is 0 Å². The zero-order chi connectivity index (χ0) is 30.5. The maximum atomic E-state index is 14.2. The zero-order valence-electron chi connectivity index (χ0n) is 23.9. The van der Waals surface area contributed by atoms with Crippen molar-refractivity contribution in [2.45, 2.75) is 102 Å². The highest BCUT2D eigenvalue weighted by atomic mass is 16.2. The molecule has 0 fully saturated rings. The smallest absolute Gasteiger partial charge is 0.253 e. The lowest BCUT2D eigenvalue weighted by molar-refractivity contribution is -0.162. The van der Waals surface area contributed by atoms with Crippen LogP contribution in [-0.2, 0) is 24.0 Å². The van der Waals surface area contributed by atoms with Crippen molar-refractivity contribution >= 4 is 29.5 Å². The average molecular weight is 572 g/mol. The molecule has 5 amide bonds. The largest absolute Gasteiger partial charge is 0.368 e. The summed E-state index contributed by atoms with van der Waals surface area (Å²) < 4.78 is 0. The fraction of sp³-hybridized carbons (Fsp3) is 0.808. The van der Waals surface area contributed by atoms with Crippen LogP contribution in [0.2, 0.25) is 0 Å². The Hall–Kier alpha value is -2.49. The van der Waals surface area contributed by atoms with Crippen LogP contribution >= 0.6 is 0 Å². The number of hydrogen-bond acceptors (Lipinski definition) is 11. The molecular weight excluding hydrogens is 518 g/mol. The van der Waals surface area contributed by atoms with Gasteiger partial charge in [0.05, 0.1) is 6.04 Å².